The Kier molecular flexibility index (Phi) is 7.37. The molecule has 2 aromatic heterocycles. The molecule has 1 aromatic carbocycles. The van der Waals surface area contributed by atoms with Gasteiger partial charge in [0.15, 0.2) is 5.82 Å². The molecule has 2 aliphatic heterocycles. The van der Waals surface area contributed by atoms with Gasteiger partial charge in [-0.05, 0) is 43.7 Å². The van der Waals surface area contributed by atoms with E-state index < -0.39 is 0 Å². The van der Waals surface area contributed by atoms with Crippen LogP contribution >= 0.6 is 0 Å². The maximum atomic E-state index is 12.0. The molecule has 2 N–H and O–H groups in total. The number of nitrogens with zero attached hydrogens (tertiary/aromatic N) is 7. The summed E-state index contributed by atoms with van der Waals surface area (Å²) in [5, 5.41) is 14.0. The minimum absolute atomic E-state index is 0.210. The summed E-state index contributed by atoms with van der Waals surface area (Å²) < 4.78 is 5.68. The van der Waals surface area contributed by atoms with Gasteiger partial charge in [-0.3, -0.25) is 0 Å². The van der Waals surface area contributed by atoms with Gasteiger partial charge in [0.25, 0.3) is 0 Å². The van der Waals surface area contributed by atoms with Gasteiger partial charge in [0.1, 0.15) is 5.82 Å². The molecule has 1 unspecified atom stereocenters. The van der Waals surface area contributed by atoms with Crippen LogP contribution < -0.4 is 20.4 Å². The van der Waals surface area contributed by atoms with E-state index in [2.05, 4.69) is 37.3 Å². The van der Waals surface area contributed by atoms with E-state index in [0.29, 0.717) is 43.8 Å². The first-order valence-corrected chi connectivity index (χ1v) is 12.4. The fourth-order valence-corrected chi connectivity index (χ4v) is 4.55. The third-order valence-corrected chi connectivity index (χ3v) is 6.44. The van der Waals surface area contributed by atoms with E-state index in [4.69, 9.17) is 20.0 Å². The maximum absolute atomic E-state index is 12.0. The van der Waals surface area contributed by atoms with Crippen molar-refractivity contribution < 1.29 is 9.53 Å². The Balaban J connectivity index is 1.44. The Bertz CT molecular complexity index is 1280. The zero-order valence-electron chi connectivity index (χ0n) is 20.7. The molecule has 1 fully saturated rings. The highest BCUT2D eigenvalue weighted by atomic mass is 16.5. The Morgan fingerprint density at radius 3 is 2.76 bits per heavy atom. The summed E-state index contributed by atoms with van der Waals surface area (Å²) in [6.45, 7) is 5.96. The molecule has 0 radical (unpaired) electrons. The van der Waals surface area contributed by atoms with Crippen LogP contribution in [0.1, 0.15) is 24.6 Å². The van der Waals surface area contributed by atoms with Gasteiger partial charge in [-0.2, -0.15) is 5.26 Å². The average molecular weight is 500 g/mol. The van der Waals surface area contributed by atoms with Gasteiger partial charge in [-0.15, -0.1) is 0 Å². The molecule has 1 atom stereocenters. The zero-order valence-corrected chi connectivity index (χ0v) is 20.7. The molecule has 5 rings (SSSR count). The van der Waals surface area contributed by atoms with Crippen LogP contribution in [-0.2, 0) is 17.7 Å². The highest BCUT2D eigenvalue weighted by Gasteiger charge is 2.29. The number of carbonyl (C=O) groups is 1. The van der Waals surface area contributed by atoms with Crippen molar-refractivity contribution in [1.29, 1.82) is 5.26 Å². The molecular weight excluding hydrogens is 470 g/mol. The summed E-state index contributed by atoms with van der Waals surface area (Å²) in [4.78, 5) is 35.4. The van der Waals surface area contributed by atoms with Crippen molar-refractivity contribution in [1.82, 2.24) is 25.3 Å². The molecule has 0 bridgehead atoms. The molecule has 2 amide bonds. The fraction of sp³-hybridized carbons (Fsp3) is 0.385. The third kappa shape index (κ3) is 5.59. The van der Waals surface area contributed by atoms with Gasteiger partial charge < -0.3 is 25.2 Å². The van der Waals surface area contributed by atoms with Crippen molar-refractivity contribution in [3.63, 3.8) is 0 Å². The zero-order chi connectivity index (χ0) is 25.6. The molecule has 11 heteroatoms. The number of benzene rings is 1. The summed E-state index contributed by atoms with van der Waals surface area (Å²) in [5.74, 6) is 2.29. The van der Waals surface area contributed by atoms with Crippen molar-refractivity contribution >= 4 is 23.5 Å². The number of urea groups is 1. The topological polar surface area (TPSA) is 132 Å². The standard InChI is InChI=1S/C26H29N9O2/c1-18-17-37-15-14-35(18)24-21-8-13-34(25-28-11-3-12-29-25)16-22(21)32-23(33-24)19-4-6-20(7-5-19)31-26(36)30-10-2-9-27/h3-7,11-12,18H,2,8,10,13-17H2,1H3,(H2,30,31,36). The molecule has 0 saturated carbocycles. The second-order valence-electron chi connectivity index (χ2n) is 9.00. The predicted molar refractivity (Wildman–Crippen MR) is 139 cm³/mol. The van der Waals surface area contributed by atoms with Crippen LogP contribution in [0, 0.1) is 11.3 Å². The number of nitrogens with one attached hydrogen (secondary N) is 2. The van der Waals surface area contributed by atoms with E-state index in [0.717, 1.165) is 42.1 Å². The van der Waals surface area contributed by atoms with Crippen LogP contribution in [0.2, 0.25) is 0 Å². The average Bonchev–Trinajstić information content (AvgIpc) is 2.93. The smallest absolute Gasteiger partial charge is 0.319 e. The van der Waals surface area contributed by atoms with Crippen LogP contribution in [0.25, 0.3) is 11.4 Å². The Labute approximate surface area is 215 Å². The number of nitriles is 1. The first-order valence-electron chi connectivity index (χ1n) is 12.4. The number of rotatable bonds is 6. The van der Waals surface area contributed by atoms with Gasteiger partial charge in [0, 0.05) is 48.8 Å². The molecular formula is C26H29N9O2. The lowest BCUT2D eigenvalue weighted by molar-refractivity contribution is 0.0984. The summed E-state index contributed by atoms with van der Waals surface area (Å²) in [7, 11) is 0. The number of anilines is 3. The number of carbonyl (C=O) groups excluding carboxylic acids is 1. The minimum Gasteiger partial charge on any atom is -0.377 e. The van der Waals surface area contributed by atoms with E-state index in [1.807, 2.05) is 36.4 Å². The number of morpholine rings is 1. The lowest BCUT2D eigenvalue weighted by Crippen LogP contribution is -2.45. The van der Waals surface area contributed by atoms with Crippen LogP contribution in [0.3, 0.4) is 0 Å². The van der Waals surface area contributed by atoms with Gasteiger partial charge in [0.05, 0.1) is 44.0 Å². The van der Waals surface area contributed by atoms with E-state index >= 15 is 0 Å². The quantitative estimate of drug-likeness (QED) is 0.491. The molecule has 190 valence electrons. The highest BCUT2D eigenvalue weighted by Crippen LogP contribution is 2.32. The van der Waals surface area contributed by atoms with Gasteiger partial charge in [-0.25, -0.2) is 24.7 Å². The largest absolute Gasteiger partial charge is 0.377 e. The lowest BCUT2D eigenvalue weighted by atomic mass is 10.0. The SMILES string of the molecule is CC1COCCN1c1nc(-c2ccc(NC(=O)NCCC#N)cc2)nc2c1CCN(c1ncccn1)C2. The Morgan fingerprint density at radius 1 is 1.19 bits per heavy atom. The van der Waals surface area contributed by atoms with Crippen LogP contribution in [0.15, 0.2) is 42.7 Å². The first-order chi connectivity index (χ1) is 18.1. The van der Waals surface area contributed by atoms with Crippen LogP contribution in [0.4, 0.5) is 22.2 Å². The third-order valence-electron chi connectivity index (χ3n) is 6.44. The van der Waals surface area contributed by atoms with Crippen molar-refractivity contribution in [3.8, 4) is 17.5 Å². The second kappa shape index (κ2) is 11.2. The monoisotopic (exact) mass is 499 g/mol. The van der Waals surface area contributed by atoms with Crippen molar-refractivity contribution in [2.45, 2.75) is 32.4 Å². The highest BCUT2D eigenvalue weighted by molar-refractivity contribution is 5.89. The number of aromatic nitrogens is 4. The minimum atomic E-state index is -0.347. The fourth-order valence-electron chi connectivity index (χ4n) is 4.55. The summed E-state index contributed by atoms with van der Waals surface area (Å²) in [5.41, 5.74) is 3.63. The van der Waals surface area contributed by atoms with Gasteiger partial charge >= 0.3 is 6.03 Å². The molecule has 11 nitrogen and oxygen atoms in total. The summed E-state index contributed by atoms with van der Waals surface area (Å²) in [6, 6.07) is 11.1. The van der Waals surface area contributed by atoms with E-state index in [1.165, 1.54) is 0 Å². The summed E-state index contributed by atoms with van der Waals surface area (Å²) >= 11 is 0. The molecule has 1 saturated heterocycles. The number of fused-ring (bicyclic) bond motifs is 1. The van der Waals surface area contributed by atoms with E-state index in [-0.39, 0.29) is 18.5 Å². The molecule has 3 aromatic rings. The maximum Gasteiger partial charge on any atom is 0.319 e. The van der Waals surface area contributed by atoms with Gasteiger partial charge in [-0.1, -0.05) is 0 Å². The number of hydrogen-bond acceptors (Lipinski definition) is 9. The summed E-state index contributed by atoms with van der Waals surface area (Å²) in [6.07, 6.45) is 4.57. The van der Waals surface area contributed by atoms with E-state index in [1.54, 1.807) is 12.4 Å². The number of amides is 2. The Hall–Kier alpha value is -4.30. The number of hydrogen-bond donors (Lipinski definition) is 2. The first kappa shape index (κ1) is 24.4. The van der Waals surface area contributed by atoms with Crippen LogP contribution in [-0.4, -0.2) is 64.9 Å². The van der Waals surface area contributed by atoms with Crippen molar-refractivity contribution in [2.24, 2.45) is 0 Å². The normalized spacial score (nSPS) is 17.0. The Morgan fingerprint density at radius 2 is 2.00 bits per heavy atom. The molecule has 37 heavy (non-hydrogen) atoms. The molecule has 0 spiro atoms. The van der Waals surface area contributed by atoms with Crippen molar-refractivity contribution in [3.05, 3.63) is 54.0 Å². The van der Waals surface area contributed by atoms with Gasteiger partial charge in [0.2, 0.25) is 5.95 Å². The molecule has 0 aliphatic carbocycles. The van der Waals surface area contributed by atoms with Crippen molar-refractivity contribution in [2.75, 3.05) is 48.0 Å². The predicted octanol–water partition coefficient (Wildman–Crippen LogP) is 2.76. The molecule has 4 heterocycles. The molecule has 2 aliphatic rings. The lowest BCUT2D eigenvalue weighted by Gasteiger charge is -2.37. The second-order valence-corrected chi connectivity index (χ2v) is 9.00. The van der Waals surface area contributed by atoms with Crippen LogP contribution in [0.5, 0.6) is 0 Å². The number of ether oxygens (including phenoxy) is 1. The van der Waals surface area contributed by atoms with E-state index in [9.17, 15) is 4.79 Å².